The van der Waals surface area contributed by atoms with Crippen molar-refractivity contribution in [3.63, 3.8) is 0 Å². The second-order valence-corrected chi connectivity index (χ2v) is 9.98. The topological polar surface area (TPSA) is 71.1 Å². The van der Waals surface area contributed by atoms with Gasteiger partial charge in [-0.1, -0.05) is 24.6 Å². The third kappa shape index (κ3) is 5.16. The fourth-order valence-corrected chi connectivity index (χ4v) is 5.02. The van der Waals surface area contributed by atoms with Crippen LogP contribution in [0.2, 0.25) is 5.02 Å². The van der Waals surface area contributed by atoms with Crippen LogP contribution in [-0.4, -0.2) is 46.2 Å². The number of benzene rings is 3. The van der Waals surface area contributed by atoms with Crippen molar-refractivity contribution in [2.45, 2.75) is 38.8 Å². The van der Waals surface area contributed by atoms with Crippen LogP contribution in [0.1, 0.15) is 53.4 Å². The maximum Gasteiger partial charge on any atom is 0.251 e. The number of halogens is 1. The Morgan fingerprint density at radius 3 is 2.47 bits per heavy atom. The molecule has 1 unspecified atom stereocenters. The first-order valence-electron chi connectivity index (χ1n) is 12.7. The highest BCUT2D eigenvalue weighted by Crippen LogP contribution is 2.46. The molecule has 0 aliphatic carbocycles. The smallest absolute Gasteiger partial charge is 0.251 e. The van der Waals surface area contributed by atoms with E-state index >= 15 is 0 Å². The van der Waals surface area contributed by atoms with Gasteiger partial charge in [-0.15, -0.1) is 0 Å². The summed E-state index contributed by atoms with van der Waals surface area (Å²) in [6.07, 6.45) is 0.945. The summed E-state index contributed by atoms with van der Waals surface area (Å²) in [4.78, 5) is 30.6. The maximum absolute atomic E-state index is 13.8. The van der Waals surface area contributed by atoms with Gasteiger partial charge >= 0.3 is 0 Å². The predicted molar refractivity (Wildman–Crippen MR) is 152 cm³/mol. The van der Waals surface area contributed by atoms with Crippen molar-refractivity contribution in [3.05, 3.63) is 81.9 Å². The number of hydrogen-bond acceptors (Lipinski definition) is 5. The lowest BCUT2D eigenvalue weighted by Gasteiger charge is -2.39. The van der Waals surface area contributed by atoms with Gasteiger partial charge in [0, 0.05) is 48.7 Å². The van der Waals surface area contributed by atoms with E-state index in [1.807, 2.05) is 62.3 Å². The average Bonchev–Trinajstić information content (AvgIpc) is 2.91. The summed E-state index contributed by atoms with van der Waals surface area (Å²) >= 11 is 6.82. The molecule has 3 aromatic carbocycles. The van der Waals surface area contributed by atoms with Gasteiger partial charge in [-0.2, -0.15) is 0 Å². The molecule has 1 N–H and O–H groups in total. The van der Waals surface area contributed by atoms with Crippen LogP contribution < -0.4 is 24.6 Å². The second kappa shape index (κ2) is 11.4. The molecule has 38 heavy (non-hydrogen) atoms. The summed E-state index contributed by atoms with van der Waals surface area (Å²) in [7, 11) is 7.09. The first kappa shape index (κ1) is 27.3. The highest BCUT2D eigenvalue weighted by molar-refractivity contribution is 6.32. The van der Waals surface area contributed by atoms with E-state index < -0.39 is 6.04 Å². The Morgan fingerprint density at radius 2 is 1.87 bits per heavy atom. The van der Waals surface area contributed by atoms with Gasteiger partial charge in [-0.3, -0.25) is 9.59 Å². The first-order valence-corrected chi connectivity index (χ1v) is 13.0. The Kier molecular flexibility index (Phi) is 8.17. The standard InChI is InChI=1S/C30H34ClN3O4/c1-7-18(2)38-26-17-23-19(15-25(26)37-6)16-27(35)34(21-13-11-20(12-14-21)33(4)5)29(23)28-22(30(36)32-3)9-8-10-24(28)31/h8-15,17-18,29H,7,16H2,1-6H3,(H,32,36)/t18-,29?/m1/s1. The average molecular weight is 536 g/mol. The highest BCUT2D eigenvalue weighted by atomic mass is 35.5. The van der Waals surface area contributed by atoms with E-state index in [2.05, 4.69) is 12.2 Å². The molecule has 0 aromatic heterocycles. The van der Waals surface area contributed by atoms with E-state index in [1.165, 1.54) is 0 Å². The fourth-order valence-electron chi connectivity index (χ4n) is 4.74. The Labute approximate surface area is 229 Å². The van der Waals surface area contributed by atoms with Gasteiger partial charge in [0.25, 0.3) is 5.91 Å². The van der Waals surface area contributed by atoms with Crippen LogP contribution in [0.4, 0.5) is 11.4 Å². The van der Waals surface area contributed by atoms with Crippen LogP contribution >= 0.6 is 11.6 Å². The molecular weight excluding hydrogens is 502 g/mol. The van der Waals surface area contributed by atoms with Crippen LogP contribution in [0, 0.1) is 0 Å². The molecule has 3 aromatic rings. The molecule has 0 saturated carbocycles. The number of methoxy groups -OCH3 is 1. The molecule has 0 radical (unpaired) electrons. The molecule has 1 heterocycles. The first-order chi connectivity index (χ1) is 18.2. The van der Waals surface area contributed by atoms with Crippen LogP contribution in [0.5, 0.6) is 11.5 Å². The van der Waals surface area contributed by atoms with E-state index in [0.29, 0.717) is 33.3 Å². The Hall–Kier alpha value is -3.71. The number of anilines is 2. The van der Waals surface area contributed by atoms with E-state index in [1.54, 1.807) is 37.3 Å². The lowest BCUT2D eigenvalue weighted by atomic mass is 9.84. The fraction of sp³-hybridized carbons (Fsp3) is 0.333. The molecule has 0 bridgehead atoms. The monoisotopic (exact) mass is 535 g/mol. The minimum atomic E-state index is -0.664. The van der Waals surface area contributed by atoms with E-state index in [-0.39, 0.29) is 24.3 Å². The Bertz CT molecular complexity index is 1340. The third-order valence-electron chi connectivity index (χ3n) is 6.93. The number of amides is 2. The quantitative estimate of drug-likeness (QED) is 0.405. The summed E-state index contributed by atoms with van der Waals surface area (Å²) in [5, 5.41) is 3.11. The Morgan fingerprint density at radius 1 is 1.16 bits per heavy atom. The van der Waals surface area contributed by atoms with E-state index in [9.17, 15) is 9.59 Å². The molecule has 4 rings (SSSR count). The lowest BCUT2D eigenvalue weighted by Crippen LogP contribution is -2.42. The van der Waals surface area contributed by atoms with Gasteiger partial charge in [0.2, 0.25) is 5.91 Å². The number of nitrogens with one attached hydrogen (secondary N) is 1. The Balaban J connectivity index is 2.00. The van der Waals surface area contributed by atoms with Crippen molar-refractivity contribution in [1.82, 2.24) is 5.32 Å². The van der Waals surface area contributed by atoms with Gasteiger partial charge in [-0.05, 0) is 73.0 Å². The maximum atomic E-state index is 13.8. The van der Waals surface area contributed by atoms with Crippen LogP contribution in [0.15, 0.2) is 54.6 Å². The number of carbonyl (C=O) groups excluding carboxylic acids is 2. The number of carbonyl (C=O) groups is 2. The van der Waals surface area contributed by atoms with Crippen molar-refractivity contribution < 1.29 is 19.1 Å². The lowest BCUT2D eigenvalue weighted by molar-refractivity contribution is -0.118. The summed E-state index contributed by atoms with van der Waals surface area (Å²) in [5.74, 6) is 0.747. The summed E-state index contributed by atoms with van der Waals surface area (Å²) in [5.41, 5.74) is 4.31. The summed E-state index contributed by atoms with van der Waals surface area (Å²) in [6.45, 7) is 4.05. The molecule has 1 aliphatic rings. The van der Waals surface area contributed by atoms with Gasteiger partial charge in [0.05, 0.1) is 25.7 Å². The molecular formula is C30H34ClN3O4. The van der Waals surface area contributed by atoms with Crippen molar-refractivity contribution in [1.29, 1.82) is 0 Å². The third-order valence-corrected chi connectivity index (χ3v) is 7.26. The molecule has 2 atom stereocenters. The number of hydrogen-bond donors (Lipinski definition) is 1. The molecule has 7 nitrogen and oxygen atoms in total. The molecule has 200 valence electrons. The second-order valence-electron chi connectivity index (χ2n) is 9.57. The van der Waals surface area contributed by atoms with E-state index in [0.717, 1.165) is 23.2 Å². The van der Waals surface area contributed by atoms with Gasteiger partial charge in [0.1, 0.15) is 0 Å². The van der Waals surface area contributed by atoms with Crippen molar-refractivity contribution in [3.8, 4) is 11.5 Å². The molecule has 2 amide bonds. The zero-order chi connectivity index (χ0) is 27.6. The number of rotatable bonds is 8. The zero-order valence-corrected chi connectivity index (χ0v) is 23.4. The van der Waals surface area contributed by atoms with Gasteiger partial charge < -0.3 is 24.6 Å². The van der Waals surface area contributed by atoms with E-state index in [4.69, 9.17) is 21.1 Å². The number of ether oxygens (including phenoxy) is 2. The largest absolute Gasteiger partial charge is 0.493 e. The van der Waals surface area contributed by atoms with Crippen LogP contribution in [0.3, 0.4) is 0 Å². The molecule has 0 spiro atoms. The summed E-state index contributed by atoms with van der Waals surface area (Å²) < 4.78 is 11.9. The van der Waals surface area contributed by atoms with Gasteiger partial charge in [-0.25, -0.2) is 0 Å². The SMILES string of the molecule is CC[C@@H](C)Oc1cc2c(cc1OC)CC(=O)N(c1ccc(N(C)C)cc1)C2c1c(Cl)cccc1C(=O)NC. The molecule has 1 aliphatic heterocycles. The minimum Gasteiger partial charge on any atom is -0.493 e. The van der Waals surface area contributed by atoms with Crippen molar-refractivity contribution in [2.75, 3.05) is 38.1 Å². The normalized spacial score (nSPS) is 15.5. The minimum absolute atomic E-state index is 0.0398. The molecule has 0 fully saturated rings. The van der Waals surface area contributed by atoms with Gasteiger partial charge in [0.15, 0.2) is 11.5 Å². The zero-order valence-electron chi connectivity index (χ0n) is 22.7. The van der Waals surface area contributed by atoms with Crippen molar-refractivity contribution in [2.24, 2.45) is 0 Å². The van der Waals surface area contributed by atoms with Crippen LogP contribution in [-0.2, 0) is 11.2 Å². The van der Waals surface area contributed by atoms with Crippen LogP contribution in [0.25, 0.3) is 0 Å². The highest BCUT2D eigenvalue weighted by Gasteiger charge is 2.39. The predicted octanol–water partition coefficient (Wildman–Crippen LogP) is 5.63. The number of nitrogens with zero attached hydrogens (tertiary/aromatic N) is 2. The molecule has 0 saturated heterocycles. The van der Waals surface area contributed by atoms with Crippen molar-refractivity contribution >= 4 is 34.8 Å². The summed E-state index contributed by atoms with van der Waals surface area (Å²) in [6, 6.07) is 16.1. The number of fused-ring (bicyclic) bond motifs is 1. The molecule has 8 heteroatoms.